The van der Waals surface area contributed by atoms with E-state index in [0.717, 1.165) is 17.3 Å². The van der Waals surface area contributed by atoms with E-state index in [-0.39, 0.29) is 5.56 Å². The van der Waals surface area contributed by atoms with Crippen LogP contribution in [0.2, 0.25) is 0 Å². The zero-order valence-corrected chi connectivity index (χ0v) is 9.81. The van der Waals surface area contributed by atoms with Crippen LogP contribution in [0.1, 0.15) is 28.4 Å². The number of hydrogen-bond donors (Lipinski definition) is 1. The minimum Gasteiger partial charge on any atom is -0.384 e. The Hall–Kier alpha value is -1.74. The van der Waals surface area contributed by atoms with E-state index in [1.807, 2.05) is 32.0 Å². The Morgan fingerprint density at radius 2 is 1.94 bits per heavy atom. The van der Waals surface area contributed by atoms with Crippen molar-refractivity contribution in [1.82, 2.24) is 4.98 Å². The molecular formula is C14H14FNO. The van der Waals surface area contributed by atoms with Crippen LogP contribution in [0.3, 0.4) is 0 Å². The fraction of sp³-hybridized carbons (Fsp3) is 0.214. The van der Waals surface area contributed by atoms with Crippen molar-refractivity contribution < 1.29 is 9.50 Å². The molecule has 0 aliphatic heterocycles. The number of aryl methyl sites for hydroxylation is 2. The fourth-order valence-electron chi connectivity index (χ4n) is 1.72. The van der Waals surface area contributed by atoms with Crippen LogP contribution < -0.4 is 0 Å². The average Bonchev–Trinajstić information content (AvgIpc) is 2.32. The summed E-state index contributed by atoms with van der Waals surface area (Å²) in [6.07, 6.45) is 1.64. The van der Waals surface area contributed by atoms with Crippen molar-refractivity contribution in [2.75, 3.05) is 0 Å². The largest absolute Gasteiger partial charge is 0.384 e. The van der Waals surface area contributed by atoms with Crippen LogP contribution in [0.4, 0.5) is 4.39 Å². The molecule has 0 radical (unpaired) electrons. The van der Waals surface area contributed by atoms with Gasteiger partial charge in [0.2, 0.25) is 0 Å². The smallest absolute Gasteiger partial charge is 0.147 e. The van der Waals surface area contributed by atoms with Crippen LogP contribution in [-0.4, -0.2) is 10.1 Å². The molecule has 0 aliphatic rings. The van der Waals surface area contributed by atoms with E-state index in [1.54, 1.807) is 0 Å². The van der Waals surface area contributed by atoms with Crippen molar-refractivity contribution in [3.05, 3.63) is 64.7 Å². The normalized spacial score (nSPS) is 12.5. The highest BCUT2D eigenvalue weighted by Crippen LogP contribution is 2.25. The third-order valence-electron chi connectivity index (χ3n) is 2.95. The highest BCUT2D eigenvalue weighted by Gasteiger charge is 2.15. The molecule has 1 aromatic carbocycles. The van der Waals surface area contributed by atoms with Gasteiger partial charge >= 0.3 is 0 Å². The molecule has 2 aromatic rings. The first-order chi connectivity index (χ1) is 8.09. The monoisotopic (exact) mass is 231 g/mol. The summed E-state index contributed by atoms with van der Waals surface area (Å²) in [7, 11) is 0. The Morgan fingerprint density at radius 3 is 2.59 bits per heavy atom. The Bertz CT molecular complexity index is 539. The first-order valence-corrected chi connectivity index (χ1v) is 5.44. The van der Waals surface area contributed by atoms with Gasteiger partial charge in [-0.2, -0.15) is 0 Å². The van der Waals surface area contributed by atoms with Gasteiger partial charge in [0.1, 0.15) is 11.9 Å². The molecule has 88 valence electrons. The van der Waals surface area contributed by atoms with Crippen LogP contribution in [-0.2, 0) is 0 Å². The number of benzene rings is 1. The van der Waals surface area contributed by atoms with Crippen molar-refractivity contribution in [3.63, 3.8) is 0 Å². The predicted molar refractivity (Wildman–Crippen MR) is 64.2 cm³/mol. The van der Waals surface area contributed by atoms with Crippen LogP contribution in [0.25, 0.3) is 0 Å². The quantitative estimate of drug-likeness (QED) is 0.862. The van der Waals surface area contributed by atoms with E-state index < -0.39 is 11.9 Å². The van der Waals surface area contributed by atoms with Gasteiger partial charge < -0.3 is 5.11 Å². The standard InChI is InChI=1S/C14H14FNO/c1-9-3-4-11(7-10(9)2)14(17)12-5-6-16-8-13(12)15/h3-8,14,17H,1-2H3. The fourth-order valence-corrected chi connectivity index (χ4v) is 1.72. The molecule has 0 aliphatic carbocycles. The molecule has 1 atom stereocenters. The number of hydrogen-bond acceptors (Lipinski definition) is 2. The van der Waals surface area contributed by atoms with Gasteiger partial charge in [0, 0.05) is 11.8 Å². The van der Waals surface area contributed by atoms with Crippen molar-refractivity contribution in [3.8, 4) is 0 Å². The van der Waals surface area contributed by atoms with Crippen molar-refractivity contribution in [2.45, 2.75) is 20.0 Å². The molecule has 3 heteroatoms. The SMILES string of the molecule is Cc1ccc(C(O)c2ccncc2F)cc1C. The summed E-state index contributed by atoms with van der Waals surface area (Å²) in [5, 5.41) is 10.1. The Kier molecular flexibility index (Phi) is 3.20. The van der Waals surface area contributed by atoms with Gasteiger partial charge in [-0.3, -0.25) is 4.98 Å². The maximum absolute atomic E-state index is 13.5. The molecule has 1 unspecified atom stereocenters. The third kappa shape index (κ3) is 2.34. The lowest BCUT2D eigenvalue weighted by atomic mass is 9.98. The molecule has 0 bridgehead atoms. The van der Waals surface area contributed by atoms with E-state index in [4.69, 9.17) is 0 Å². The van der Waals surface area contributed by atoms with Crippen LogP contribution in [0, 0.1) is 19.7 Å². The summed E-state index contributed by atoms with van der Waals surface area (Å²) >= 11 is 0. The second-order valence-electron chi connectivity index (χ2n) is 4.14. The summed E-state index contributed by atoms with van der Waals surface area (Å²) in [6.45, 7) is 3.97. The number of pyridine rings is 1. The van der Waals surface area contributed by atoms with Gasteiger partial charge in [0.05, 0.1) is 6.20 Å². The molecule has 0 saturated heterocycles. The Labute approximate surface area is 99.8 Å². The summed E-state index contributed by atoms with van der Waals surface area (Å²) < 4.78 is 13.5. The first-order valence-electron chi connectivity index (χ1n) is 5.44. The second kappa shape index (κ2) is 4.63. The molecule has 2 rings (SSSR count). The van der Waals surface area contributed by atoms with Gasteiger partial charge in [-0.05, 0) is 36.6 Å². The highest BCUT2D eigenvalue weighted by atomic mass is 19.1. The van der Waals surface area contributed by atoms with Gasteiger partial charge in [-0.15, -0.1) is 0 Å². The van der Waals surface area contributed by atoms with Crippen LogP contribution in [0.15, 0.2) is 36.7 Å². The molecular weight excluding hydrogens is 217 g/mol. The zero-order valence-electron chi connectivity index (χ0n) is 9.81. The van der Waals surface area contributed by atoms with Gasteiger partial charge in [-0.1, -0.05) is 18.2 Å². The lowest BCUT2D eigenvalue weighted by Gasteiger charge is -2.13. The summed E-state index contributed by atoms with van der Waals surface area (Å²) in [5.41, 5.74) is 3.17. The predicted octanol–water partition coefficient (Wildman–Crippen LogP) is 2.92. The number of nitrogens with zero attached hydrogens (tertiary/aromatic N) is 1. The summed E-state index contributed by atoms with van der Waals surface area (Å²) in [5.74, 6) is -0.488. The molecule has 0 amide bonds. The van der Waals surface area contributed by atoms with Gasteiger partial charge in [0.25, 0.3) is 0 Å². The Morgan fingerprint density at radius 1 is 1.18 bits per heavy atom. The number of aliphatic hydroxyl groups excluding tert-OH is 1. The lowest BCUT2D eigenvalue weighted by molar-refractivity contribution is 0.214. The second-order valence-corrected chi connectivity index (χ2v) is 4.14. The first kappa shape index (κ1) is 11.7. The number of halogens is 1. The minimum absolute atomic E-state index is 0.253. The molecule has 1 heterocycles. The van der Waals surface area contributed by atoms with Crippen molar-refractivity contribution in [2.24, 2.45) is 0 Å². The van der Waals surface area contributed by atoms with Crippen molar-refractivity contribution >= 4 is 0 Å². The minimum atomic E-state index is -0.947. The lowest BCUT2D eigenvalue weighted by Crippen LogP contribution is -2.03. The topological polar surface area (TPSA) is 33.1 Å². The maximum atomic E-state index is 13.5. The van der Waals surface area contributed by atoms with Gasteiger partial charge in [-0.25, -0.2) is 4.39 Å². The Balaban J connectivity index is 2.40. The number of aliphatic hydroxyl groups is 1. The maximum Gasteiger partial charge on any atom is 0.147 e. The molecule has 0 fully saturated rings. The highest BCUT2D eigenvalue weighted by molar-refractivity contribution is 5.35. The van der Waals surface area contributed by atoms with E-state index in [1.165, 1.54) is 12.3 Å². The average molecular weight is 231 g/mol. The number of rotatable bonds is 2. The summed E-state index contributed by atoms with van der Waals surface area (Å²) in [6, 6.07) is 7.11. The van der Waals surface area contributed by atoms with E-state index >= 15 is 0 Å². The molecule has 0 saturated carbocycles. The van der Waals surface area contributed by atoms with Gasteiger partial charge in [0.15, 0.2) is 0 Å². The molecule has 1 N–H and O–H groups in total. The number of aromatic nitrogens is 1. The third-order valence-corrected chi connectivity index (χ3v) is 2.95. The molecule has 0 spiro atoms. The van der Waals surface area contributed by atoms with Crippen molar-refractivity contribution in [1.29, 1.82) is 0 Å². The van der Waals surface area contributed by atoms with E-state index in [0.29, 0.717) is 5.56 Å². The van der Waals surface area contributed by atoms with Crippen LogP contribution in [0.5, 0.6) is 0 Å². The van der Waals surface area contributed by atoms with Crippen LogP contribution >= 0.6 is 0 Å². The summed E-state index contributed by atoms with van der Waals surface area (Å²) in [4.78, 5) is 3.67. The zero-order chi connectivity index (χ0) is 12.4. The van der Waals surface area contributed by atoms with E-state index in [2.05, 4.69) is 4.98 Å². The molecule has 17 heavy (non-hydrogen) atoms. The molecule has 1 aromatic heterocycles. The van der Waals surface area contributed by atoms with E-state index in [9.17, 15) is 9.50 Å². The molecule has 2 nitrogen and oxygen atoms in total.